The molecule has 7 nitrogen and oxygen atoms in total. The zero-order chi connectivity index (χ0) is 27.2. The van der Waals surface area contributed by atoms with E-state index in [2.05, 4.69) is 57.3 Å². The van der Waals surface area contributed by atoms with E-state index in [-0.39, 0.29) is 11.8 Å². The third-order valence-corrected chi connectivity index (χ3v) is 8.75. The molecule has 1 aliphatic carbocycles. The van der Waals surface area contributed by atoms with Gasteiger partial charge in [0.15, 0.2) is 0 Å². The van der Waals surface area contributed by atoms with Gasteiger partial charge in [-0.15, -0.1) is 11.3 Å². The molecule has 2 aromatic carbocycles. The van der Waals surface area contributed by atoms with Crippen LogP contribution in [-0.4, -0.2) is 61.0 Å². The number of nitrogens with two attached hydrogens (primary N) is 1. The molecule has 1 atom stereocenters. The number of halogens is 1. The van der Waals surface area contributed by atoms with Gasteiger partial charge in [0.1, 0.15) is 6.04 Å². The summed E-state index contributed by atoms with van der Waals surface area (Å²) in [5.41, 5.74) is 8.70. The zero-order valence-corrected chi connectivity index (χ0v) is 23.6. The van der Waals surface area contributed by atoms with E-state index in [1.54, 1.807) is 23.5 Å². The lowest BCUT2D eigenvalue weighted by atomic mass is 10.0. The van der Waals surface area contributed by atoms with E-state index in [1.165, 1.54) is 16.1 Å². The second-order valence-electron chi connectivity index (χ2n) is 10.5. The van der Waals surface area contributed by atoms with E-state index in [4.69, 9.17) is 17.3 Å². The molecule has 2 aliphatic rings. The van der Waals surface area contributed by atoms with Crippen LogP contribution in [0.15, 0.2) is 66.0 Å². The fraction of sp³-hybridized carbons (Fsp3) is 0.400. The average Bonchev–Trinajstić information content (AvgIpc) is 3.50. The first-order chi connectivity index (χ1) is 18.9. The fourth-order valence-electron chi connectivity index (χ4n) is 4.97. The number of anilines is 1. The Morgan fingerprint density at radius 2 is 1.74 bits per heavy atom. The monoisotopic (exact) mass is 565 g/mol. The summed E-state index contributed by atoms with van der Waals surface area (Å²) >= 11 is 7.84. The number of benzene rings is 2. The Morgan fingerprint density at radius 3 is 2.44 bits per heavy atom. The summed E-state index contributed by atoms with van der Waals surface area (Å²) in [5, 5.41) is 9.29. The van der Waals surface area contributed by atoms with E-state index < -0.39 is 11.6 Å². The summed E-state index contributed by atoms with van der Waals surface area (Å²) < 4.78 is 0. The summed E-state index contributed by atoms with van der Waals surface area (Å²) in [4.78, 5) is 32.0. The quantitative estimate of drug-likeness (QED) is 0.309. The Bertz CT molecular complexity index is 1250. The normalized spacial score (nSPS) is 17.1. The maximum absolute atomic E-state index is 13.7. The van der Waals surface area contributed by atoms with Crippen LogP contribution in [-0.2, 0) is 29.0 Å². The Morgan fingerprint density at radius 1 is 1.00 bits per heavy atom. The summed E-state index contributed by atoms with van der Waals surface area (Å²) in [7, 11) is 0. The third kappa shape index (κ3) is 7.19. The number of amides is 2. The van der Waals surface area contributed by atoms with Crippen molar-refractivity contribution < 1.29 is 9.59 Å². The molecular formula is C30H36ClN5O2S. The van der Waals surface area contributed by atoms with Crippen LogP contribution in [0.4, 0.5) is 5.69 Å². The molecule has 2 heterocycles. The second-order valence-corrected chi connectivity index (χ2v) is 11.9. The van der Waals surface area contributed by atoms with E-state index in [1.807, 2.05) is 17.0 Å². The van der Waals surface area contributed by atoms with Crippen LogP contribution in [0.25, 0.3) is 0 Å². The van der Waals surface area contributed by atoms with Crippen molar-refractivity contribution in [2.45, 2.75) is 43.8 Å². The molecule has 3 aromatic rings. The van der Waals surface area contributed by atoms with E-state index in [9.17, 15) is 9.59 Å². The molecule has 0 unspecified atom stereocenters. The van der Waals surface area contributed by atoms with Crippen molar-refractivity contribution in [1.82, 2.24) is 15.5 Å². The highest BCUT2D eigenvalue weighted by Gasteiger charge is 2.47. The molecule has 39 heavy (non-hydrogen) atoms. The van der Waals surface area contributed by atoms with Crippen LogP contribution in [0.2, 0.25) is 5.02 Å². The van der Waals surface area contributed by atoms with Gasteiger partial charge in [0.05, 0.1) is 5.54 Å². The molecule has 206 valence electrons. The number of hydrogen-bond acceptors (Lipinski definition) is 6. The number of para-hydroxylation sites is 1. The maximum atomic E-state index is 13.7. The molecule has 9 heteroatoms. The van der Waals surface area contributed by atoms with Crippen molar-refractivity contribution in [3.8, 4) is 0 Å². The maximum Gasteiger partial charge on any atom is 0.245 e. The molecule has 0 spiro atoms. The van der Waals surface area contributed by atoms with Crippen LogP contribution >= 0.6 is 22.9 Å². The van der Waals surface area contributed by atoms with Crippen LogP contribution < -0.4 is 21.3 Å². The van der Waals surface area contributed by atoms with E-state index in [0.29, 0.717) is 37.4 Å². The standard InChI is InChI=1S/C30H36ClN5O2S/c31-24-9-7-22(8-10-24)20-26(34-29(38)30(32)12-13-30)28(37)36-17-15-35(16-18-36)27-6-2-1-4-23(27)21-33-14-11-25-5-3-19-39-25/h1-10,19,26,33H,11-18,20-21,32H2,(H,34,38)/t26-/m1/s1. The molecule has 1 saturated heterocycles. The molecule has 0 radical (unpaired) electrons. The number of rotatable bonds is 11. The predicted octanol–water partition coefficient (Wildman–Crippen LogP) is 3.60. The molecule has 1 aliphatic heterocycles. The zero-order valence-electron chi connectivity index (χ0n) is 22.1. The lowest BCUT2D eigenvalue weighted by Crippen LogP contribution is -2.57. The molecule has 0 bridgehead atoms. The molecule has 2 amide bonds. The number of carbonyl (C=O) groups is 2. The molecular weight excluding hydrogens is 530 g/mol. The van der Waals surface area contributed by atoms with Crippen molar-refractivity contribution in [2.75, 3.05) is 37.6 Å². The van der Waals surface area contributed by atoms with E-state index in [0.717, 1.165) is 38.2 Å². The second kappa shape index (κ2) is 12.5. The minimum atomic E-state index is -0.835. The van der Waals surface area contributed by atoms with Crippen LogP contribution in [0, 0.1) is 0 Å². The first kappa shape index (κ1) is 27.6. The van der Waals surface area contributed by atoms with Crippen LogP contribution in [0.3, 0.4) is 0 Å². The molecule has 5 rings (SSSR count). The highest BCUT2D eigenvalue weighted by molar-refractivity contribution is 7.09. The largest absolute Gasteiger partial charge is 0.368 e. The van der Waals surface area contributed by atoms with Gasteiger partial charge in [-0.05, 0) is 60.0 Å². The van der Waals surface area contributed by atoms with Crippen molar-refractivity contribution >= 4 is 40.4 Å². The van der Waals surface area contributed by atoms with E-state index >= 15 is 0 Å². The summed E-state index contributed by atoms with van der Waals surface area (Å²) in [5.74, 6) is -0.306. The summed E-state index contributed by atoms with van der Waals surface area (Å²) in [6.07, 6.45) is 2.74. The Kier molecular flexibility index (Phi) is 8.87. The number of nitrogens with one attached hydrogen (secondary N) is 2. The minimum absolute atomic E-state index is 0.0641. The van der Waals surface area contributed by atoms with Gasteiger partial charge in [-0.3, -0.25) is 9.59 Å². The molecule has 4 N–H and O–H groups in total. The molecule has 2 fully saturated rings. The first-order valence-electron chi connectivity index (χ1n) is 13.6. The number of carbonyl (C=O) groups excluding carboxylic acids is 2. The Balaban J connectivity index is 1.19. The van der Waals surface area contributed by atoms with Crippen molar-refractivity contribution in [3.05, 3.63) is 87.1 Å². The van der Waals surface area contributed by atoms with Crippen LogP contribution in [0.1, 0.15) is 28.8 Å². The number of thiophene rings is 1. The van der Waals surface area contributed by atoms with Gasteiger partial charge in [-0.1, -0.05) is 48.0 Å². The van der Waals surface area contributed by atoms with Gasteiger partial charge in [0.2, 0.25) is 11.8 Å². The minimum Gasteiger partial charge on any atom is -0.368 e. The van der Waals surface area contributed by atoms with Crippen molar-refractivity contribution in [2.24, 2.45) is 5.73 Å². The summed E-state index contributed by atoms with van der Waals surface area (Å²) in [6.45, 7) is 4.40. The fourth-order valence-corrected chi connectivity index (χ4v) is 5.80. The summed E-state index contributed by atoms with van der Waals surface area (Å²) in [6, 6.07) is 19.5. The smallest absolute Gasteiger partial charge is 0.245 e. The lowest BCUT2D eigenvalue weighted by molar-refractivity contribution is -0.137. The van der Waals surface area contributed by atoms with Gasteiger partial charge < -0.3 is 26.2 Å². The Labute approximate surface area is 239 Å². The Hall–Kier alpha value is -2.91. The third-order valence-electron chi connectivity index (χ3n) is 7.56. The predicted molar refractivity (Wildman–Crippen MR) is 158 cm³/mol. The van der Waals surface area contributed by atoms with Crippen LogP contribution in [0.5, 0.6) is 0 Å². The lowest BCUT2D eigenvalue weighted by Gasteiger charge is -2.38. The first-order valence-corrected chi connectivity index (χ1v) is 14.9. The van der Waals surface area contributed by atoms with Gasteiger partial charge in [-0.25, -0.2) is 0 Å². The van der Waals surface area contributed by atoms with Gasteiger partial charge in [0.25, 0.3) is 0 Å². The highest BCUT2D eigenvalue weighted by Crippen LogP contribution is 2.32. The number of piperazine rings is 1. The van der Waals surface area contributed by atoms with Gasteiger partial charge in [-0.2, -0.15) is 0 Å². The van der Waals surface area contributed by atoms with Gasteiger partial charge in [0, 0.05) is 61.3 Å². The SMILES string of the molecule is NC1(C(=O)N[C@H](Cc2ccc(Cl)cc2)C(=O)N2CCN(c3ccccc3CNCCc3cccs3)CC2)CC1. The number of nitrogens with zero attached hydrogens (tertiary/aromatic N) is 2. The van der Waals surface area contributed by atoms with Crippen molar-refractivity contribution in [1.29, 1.82) is 0 Å². The topological polar surface area (TPSA) is 90.7 Å². The highest BCUT2D eigenvalue weighted by atomic mass is 35.5. The van der Waals surface area contributed by atoms with Crippen molar-refractivity contribution in [3.63, 3.8) is 0 Å². The molecule has 1 saturated carbocycles. The average molecular weight is 566 g/mol. The number of hydrogen-bond donors (Lipinski definition) is 3. The molecule has 1 aromatic heterocycles. The van der Waals surface area contributed by atoms with Gasteiger partial charge >= 0.3 is 0 Å².